The standard InChI is InChI=1S/C6H12N2O2.C5H5N/c9-5-6(10)8-3-1-7-2-4-8;1-2-4-6-5-3-1/h7,9H,1-5H2;1-5H. The summed E-state index contributed by atoms with van der Waals surface area (Å²) in [6, 6.07) is 5.72. The van der Waals surface area contributed by atoms with Crippen molar-refractivity contribution < 1.29 is 9.90 Å². The maximum atomic E-state index is 10.8. The third kappa shape index (κ3) is 4.86. The Bertz CT molecular complexity index is 260. The molecule has 1 amide bonds. The molecule has 2 heterocycles. The molecule has 0 unspecified atom stereocenters. The summed E-state index contributed by atoms with van der Waals surface area (Å²) >= 11 is 0. The average Bonchev–Trinajstić information content (AvgIpc) is 2.41. The average molecular weight is 223 g/mol. The zero-order chi connectivity index (χ0) is 11.6. The van der Waals surface area contributed by atoms with Gasteiger partial charge >= 0.3 is 0 Å². The zero-order valence-electron chi connectivity index (χ0n) is 9.17. The van der Waals surface area contributed by atoms with E-state index in [1.807, 2.05) is 18.2 Å². The van der Waals surface area contributed by atoms with E-state index in [4.69, 9.17) is 5.11 Å². The fourth-order valence-corrected chi connectivity index (χ4v) is 1.33. The normalized spacial score (nSPS) is 14.9. The predicted molar refractivity (Wildman–Crippen MR) is 60.8 cm³/mol. The van der Waals surface area contributed by atoms with E-state index in [0.29, 0.717) is 0 Å². The largest absolute Gasteiger partial charge is 0.387 e. The van der Waals surface area contributed by atoms with E-state index >= 15 is 0 Å². The molecule has 0 aliphatic carbocycles. The Labute approximate surface area is 95.1 Å². The minimum absolute atomic E-state index is 0.165. The molecular formula is C11H17N3O2. The van der Waals surface area contributed by atoms with Gasteiger partial charge in [0, 0.05) is 38.6 Å². The number of nitrogens with zero attached hydrogens (tertiary/aromatic N) is 2. The van der Waals surface area contributed by atoms with Crippen molar-refractivity contribution in [2.75, 3.05) is 32.8 Å². The maximum absolute atomic E-state index is 10.8. The quantitative estimate of drug-likeness (QED) is 0.673. The Hall–Kier alpha value is -1.46. The van der Waals surface area contributed by atoms with Gasteiger partial charge in [0.25, 0.3) is 0 Å². The molecule has 1 aliphatic rings. The van der Waals surface area contributed by atoms with Crippen LogP contribution in [0.4, 0.5) is 0 Å². The molecule has 5 nitrogen and oxygen atoms in total. The Morgan fingerprint density at radius 1 is 1.25 bits per heavy atom. The minimum atomic E-state index is -0.361. The Morgan fingerprint density at radius 2 is 1.88 bits per heavy atom. The lowest BCUT2D eigenvalue weighted by Gasteiger charge is -2.26. The molecule has 0 aromatic carbocycles. The van der Waals surface area contributed by atoms with Crippen molar-refractivity contribution in [2.24, 2.45) is 0 Å². The third-order valence-electron chi connectivity index (χ3n) is 2.17. The van der Waals surface area contributed by atoms with Crippen LogP contribution in [-0.4, -0.2) is 53.7 Å². The van der Waals surface area contributed by atoms with Crippen LogP contribution >= 0.6 is 0 Å². The summed E-state index contributed by atoms with van der Waals surface area (Å²) < 4.78 is 0. The monoisotopic (exact) mass is 223 g/mol. The van der Waals surface area contributed by atoms with Gasteiger partial charge in [-0.1, -0.05) is 6.07 Å². The van der Waals surface area contributed by atoms with Gasteiger partial charge in [-0.3, -0.25) is 9.78 Å². The fourth-order valence-electron chi connectivity index (χ4n) is 1.33. The summed E-state index contributed by atoms with van der Waals surface area (Å²) in [5.74, 6) is -0.165. The predicted octanol–water partition coefficient (Wildman–Crippen LogP) is -0.508. The lowest BCUT2D eigenvalue weighted by Crippen LogP contribution is -2.47. The molecule has 1 fully saturated rings. The number of aromatic nitrogens is 1. The first kappa shape index (κ1) is 12.6. The minimum Gasteiger partial charge on any atom is -0.387 e. The van der Waals surface area contributed by atoms with Gasteiger partial charge in [0.05, 0.1) is 0 Å². The van der Waals surface area contributed by atoms with Gasteiger partial charge in [-0.15, -0.1) is 0 Å². The van der Waals surface area contributed by atoms with E-state index in [1.54, 1.807) is 17.3 Å². The third-order valence-corrected chi connectivity index (χ3v) is 2.17. The molecule has 1 saturated heterocycles. The number of rotatable bonds is 1. The zero-order valence-corrected chi connectivity index (χ0v) is 9.17. The smallest absolute Gasteiger partial charge is 0.248 e. The number of aliphatic hydroxyl groups excluding tert-OH is 1. The van der Waals surface area contributed by atoms with Crippen molar-refractivity contribution >= 4 is 5.91 Å². The highest BCUT2D eigenvalue weighted by molar-refractivity contribution is 5.77. The van der Waals surface area contributed by atoms with Crippen LogP contribution in [0.1, 0.15) is 0 Å². The van der Waals surface area contributed by atoms with Crippen molar-refractivity contribution in [1.29, 1.82) is 0 Å². The number of amides is 1. The fraction of sp³-hybridized carbons (Fsp3) is 0.455. The van der Waals surface area contributed by atoms with Gasteiger partial charge in [-0.25, -0.2) is 0 Å². The van der Waals surface area contributed by atoms with E-state index in [9.17, 15) is 4.79 Å². The SMILES string of the molecule is O=C(CO)N1CCNCC1.c1ccncc1. The molecule has 1 aromatic heterocycles. The van der Waals surface area contributed by atoms with Crippen LogP contribution in [0, 0.1) is 0 Å². The number of hydrogen-bond donors (Lipinski definition) is 2. The van der Waals surface area contributed by atoms with Crippen LogP contribution in [0.2, 0.25) is 0 Å². The number of hydrogen-bond acceptors (Lipinski definition) is 4. The van der Waals surface area contributed by atoms with Crippen LogP contribution in [0.15, 0.2) is 30.6 Å². The molecular weight excluding hydrogens is 206 g/mol. The van der Waals surface area contributed by atoms with Crippen molar-refractivity contribution in [3.63, 3.8) is 0 Å². The van der Waals surface area contributed by atoms with Crippen LogP contribution in [-0.2, 0) is 4.79 Å². The summed E-state index contributed by atoms with van der Waals surface area (Å²) in [5, 5.41) is 11.6. The number of pyridine rings is 1. The second kappa shape index (κ2) is 7.78. The molecule has 5 heteroatoms. The summed E-state index contributed by atoms with van der Waals surface area (Å²) in [6.45, 7) is 2.76. The van der Waals surface area contributed by atoms with E-state index in [0.717, 1.165) is 26.2 Å². The molecule has 1 aliphatic heterocycles. The molecule has 16 heavy (non-hydrogen) atoms. The van der Waals surface area contributed by atoms with E-state index in [-0.39, 0.29) is 12.5 Å². The highest BCUT2D eigenvalue weighted by Crippen LogP contribution is 1.91. The summed E-state index contributed by atoms with van der Waals surface area (Å²) in [4.78, 5) is 16.3. The number of carbonyl (C=O) groups is 1. The van der Waals surface area contributed by atoms with Gasteiger partial charge in [-0.05, 0) is 12.1 Å². The van der Waals surface area contributed by atoms with E-state index < -0.39 is 0 Å². The highest BCUT2D eigenvalue weighted by Gasteiger charge is 2.13. The maximum Gasteiger partial charge on any atom is 0.248 e. The lowest BCUT2D eigenvalue weighted by atomic mass is 10.3. The van der Waals surface area contributed by atoms with Gasteiger partial charge in [0.15, 0.2) is 0 Å². The molecule has 88 valence electrons. The van der Waals surface area contributed by atoms with Crippen LogP contribution in [0.25, 0.3) is 0 Å². The van der Waals surface area contributed by atoms with Crippen LogP contribution in [0.3, 0.4) is 0 Å². The topological polar surface area (TPSA) is 65.5 Å². The second-order valence-corrected chi connectivity index (χ2v) is 3.31. The molecule has 0 atom stereocenters. The van der Waals surface area contributed by atoms with Gasteiger partial charge < -0.3 is 15.3 Å². The number of aliphatic hydroxyl groups is 1. The molecule has 1 aromatic rings. The molecule has 2 N–H and O–H groups in total. The Morgan fingerprint density at radius 3 is 2.25 bits per heavy atom. The van der Waals surface area contributed by atoms with Gasteiger partial charge in [0.1, 0.15) is 6.61 Å². The van der Waals surface area contributed by atoms with E-state index in [2.05, 4.69) is 10.3 Å². The molecule has 0 bridgehead atoms. The number of carbonyl (C=O) groups excluding carboxylic acids is 1. The summed E-state index contributed by atoms with van der Waals surface area (Å²) in [7, 11) is 0. The van der Waals surface area contributed by atoms with Crippen LogP contribution < -0.4 is 5.32 Å². The molecule has 0 radical (unpaired) electrons. The lowest BCUT2D eigenvalue weighted by molar-refractivity contribution is -0.134. The van der Waals surface area contributed by atoms with Crippen LogP contribution in [0.5, 0.6) is 0 Å². The van der Waals surface area contributed by atoms with Crippen molar-refractivity contribution in [2.45, 2.75) is 0 Å². The van der Waals surface area contributed by atoms with Gasteiger partial charge in [-0.2, -0.15) is 0 Å². The second-order valence-electron chi connectivity index (χ2n) is 3.31. The molecule has 0 saturated carbocycles. The van der Waals surface area contributed by atoms with Crippen molar-refractivity contribution in [1.82, 2.24) is 15.2 Å². The summed E-state index contributed by atoms with van der Waals surface area (Å²) in [5.41, 5.74) is 0. The van der Waals surface area contributed by atoms with Crippen molar-refractivity contribution in [3.05, 3.63) is 30.6 Å². The first-order valence-corrected chi connectivity index (χ1v) is 5.29. The Kier molecular flexibility index (Phi) is 6.13. The summed E-state index contributed by atoms with van der Waals surface area (Å²) in [6.07, 6.45) is 3.50. The highest BCUT2D eigenvalue weighted by atomic mass is 16.3. The first-order chi connectivity index (χ1) is 7.84. The van der Waals surface area contributed by atoms with E-state index in [1.165, 1.54) is 0 Å². The first-order valence-electron chi connectivity index (χ1n) is 5.29. The Balaban J connectivity index is 0.000000181. The number of nitrogens with one attached hydrogen (secondary N) is 1. The number of piperazine rings is 1. The molecule has 2 rings (SSSR count). The molecule has 0 spiro atoms. The van der Waals surface area contributed by atoms with Crippen molar-refractivity contribution in [3.8, 4) is 0 Å². The van der Waals surface area contributed by atoms with Gasteiger partial charge in [0.2, 0.25) is 5.91 Å².